The molecule has 0 aromatic heterocycles. The van der Waals surface area contributed by atoms with Crippen LogP contribution in [-0.4, -0.2) is 60.9 Å². The second-order valence-electron chi connectivity index (χ2n) is 9.86. The van der Waals surface area contributed by atoms with Crippen LogP contribution >= 0.6 is 0 Å². The Morgan fingerprint density at radius 1 is 1.27 bits per heavy atom. The minimum absolute atomic E-state index is 0.0974. The molecular formula is C26H39NO6. The van der Waals surface area contributed by atoms with Crippen molar-refractivity contribution >= 4 is 11.9 Å². The van der Waals surface area contributed by atoms with Crippen molar-refractivity contribution in [2.75, 3.05) is 26.8 Å². The molecule has 7 heteroatoms. The van der Waals surface area contributed by atoms with E-state index in [9.17, 15) is 14.7 Å². The summed E-state index contributed by atoms with van der Waals surface area (Å²) in [6.45, 7) is 8.66. The first-order valence-corrected chi connectivity index (χ1v) is 12.1. The highest BCUT2D eigenvalue weighted by Gasteiger charge is 2.49. The van der Waals surface area contributed by atoms with Crippen LogP contribution in [0.25, 0.3) is 0 Å². The summed E-state index contributed by atoms with van der Waals surface area (Å²) in [5.41, 5.74) is 0.446. The van der Waals surface area contributed by atoms with Gasteiger partial charge in [0.25, 0.3) is 5.91 Å². The highest BCUT2D eigenvalue weighted by molar-refractivity contribution is 5.84. The van der Waals surface area contributed by atoms with E-state index >= 15 is 0 Å². The van der Waals surface area contributed by atoms with Crippen LogP contribution in [0.15, 0.2) is 18.2 Å². The van der Waals surface area contributed by atoms with Gasteiger partial charge < -0.3 is 24.2 Å². The lowest BCUT2D eigenvalue weighted by atomic mass is 9.72. The normalized spacial score (nSPS) is 24.3. The molecule has 7 nitrogen and oxygen atoms in total. The Balaban J connectivity index is 1.85. The van der Waals surface area contributed by atoms with Gasteiger partial charge in [-0.3, -0.25) is 9.59 Å². The maximum absolute atomic E-state index is 13.3. The van der Waals surface area contributed by atoms with E-state index in [1.807, 2.05) is 32.0 Å². The molecule has 0 spiro atoms. The molecule has 1 aromatic rings. The van der Waals surface area contributed by atoms with E-state index in [0.717, 1.165) is 18.4 Å². The predicted molar refractivity (Wildman–Crippen MR) is 125 cm³/mol. The van der Waals surface area contributed by atoms with Gasteiger partial charge in [-0.05, 0) is 56.2 Å². The average Bonchev–Trinajstić information content (AvgIpc) is 3.54. The smallest absolute Gasteiger partial charge is 0.303 e. The van der Waals surface area contributed by atoms with Gasteiger partial charge in [0.15, 0.2) is 17.6 Å². The number of unbranched alkanes of at least 4 members (excludes halogenated alkanes) is 1. The lowest BCUT2D eigenvalue weighted by molar-refractivity contribution is -0.159. The number of esters is 1. The van der Waals surface area contributed by atoms with Crippen LogP contribution in [-0.2, 0) is 14.3 Å². The summed E-state index contributed by atoms with van der Waals surface area (Å²) in [4.78, 5) is 26.7. The topological polar surface area (TPSA) is 85.3 Å². The lowest BCUT2D eigenvalue weighted by Gasteiger charge is -2.34. The summed E-state index contributed by atoms with van der Waals surface area (Å²) in [5, 5.41) is 10.7. The van der Waals surface area contributed by atoms with Crippen molar-refractivity contribution in [1.29, 1.82) is 0 Å². The molecule has 2 aliphatic rings. The van der Waals surface area contributed by atoms with Gasteiger partial charge in [0.1, 0.15) is 0 Å². The first-order chi connectivity index (χ1) is 15.7. The van der Waals surface area contributed by atoms with Gasteiger partial charge in [0.05, 0.1) is 19.8 Å². The number of rotatable bonds is 11. The zero-order valence-corrected chi connectivity index (χ0v) is 20.6. The maximum atomic E-state index is 13.3. The number of nitrogens with zero attached hydrogens (tertiary/aromatic N) is 1. The van der Waals surface area contributed by atoms with Gasteiger partial charge in [0, 0.05) is 31.3 Å². The van der Waals surface area contributed by atoms with Crippen molar-refractivity contribution in [3.05, 3.63) is 23.8 Å². The summed E-state index contributed by atoms with van der Waals surface area (Å²) in [7, 11) is 1.63. The minimum atomic E-state index is -0.784. The van der Waals surface area contributed by atoms with Crippen LogP contribution in [0.1, 0.15) is 71.3 Å². The summed E-state index contributed by atoms with van der Waals surface area (Å²) in [6.07, 6.45) is 3.19. The second-order valence-corrected chi connectivity index (χ2v) is 9.86. The zero-order chi connectivity index (χ0) is 24.2. The zero-order valence-electron chi connectivity index (χ0n) is 20.6. The van der Waals surface area contributed by atoms with Crippen LogP contribution in [0.5, 0.6) is 11.5 Å². The van der Waals surface area contributed by atoms with E-state index < -0.39 is 23.6 Å². The quantitative estimate of drug-likeness (QED) is 0.503. The third-order valence-electron chi connectivity index (χ3n) is 7.16. The van der Waals surface area contributed by atoms with E-state index in [4.69, 9.17) is 14.2 Å². The highest BCUT2D eigenvalue weighted by Crippen LogP contribution is 2.47. The third-order valence-corrected chi connectivity index (χ3v) is 7.16. The van der Waals surface area contributed by atoms with Gasteiger partial charge in [-0.25, -0.2) is 0 Å². The monoisotopic (exact) mass is 461 g/mol. The number of methoxy groups -OCH3 is 1. The van der Waals surface area contributed by atoms with E-state index in [0.29, 0.717) is 43.5 Å². The van der Waals surface area contributed by atoms with Crippen molar-refractivity contribution in [2.45, 2.75) is 77.9 Å². The molecule has 0 bridgehead atoms. The largest absolute Gasteiger partial charge is 0.493 e. The van der Waals surface area contributed by atoms with E-state index in [1.54, 1.807) is 18.9 Å². The minimum Gasteiger partial charge on any atom is -0.493 e. The van der Waals surface area contributed by atoms with Gasteiger partial charge >= 0.3 is 5.97 Å². The van der Waals surface area contributed by atoms with Gasteiger partial charge in [-0.2, -0.15) is 0 Å². The second kappa shape index (κ2) is 10.8. The first kappa shape index (κ1) is 25.3. The Labute approximate surface area is 197 Å². The number of hydrogen-bond donors (Lipinski definition) is 1. The van der Waals surface area contributed by atoms with Crippen molar-refractivity contribution < 1.29 is 28.9 Å². The summed E-state index contributed by atoms with van der Waals surface area (Å²) in [6, 6.07) is 5.87. The van der Waals surface area contributed by atoms with E-state index in [1.165, 1.54) is 19.8 Å². The highest BCUT2D eigenvalue weighted by atomic mass is 16.5. The third kappa shape index (κ3) is 5.99. The number of carbonyl (C=O) groups is 2. The number of aliphatic hydroxyl groups excluding tert-OH is 1. The molecule has 184 valence electrons. The molecule has 1 saturated heterocycles. The number of ether oxygens (including phenoxy) is 3. The Morgan fingerprint density at radius 2 is 2.00 bits per heavy atom. The van der Waals surface area contributed by atoms with Crippen LogP contribution in [0.3, 0.4) is 0 Å². The lowest BCUT2D eigenvalue weighted by Crippen LogP contribution is -2.42. The van der Waals surface area contributed by atoms with E-state index in [2.05, 4.69) is 0 Å². The molecule has 0 unspecified atom stereocenters. The standard InChI is InChI=1S/C26H39NO6/c1-6-7-8-23(33-18(3)29)25(30)27-14-21(26(4,16-27)17(2)28)20-11-12-22(31-5)24(13-20)32-15-19-9-10-19/h11-13,17,19,21,23,28H,6-10,14-16H2,1-5H3/t17-,21+,23+,26+/m1/s1. The Bertz CT molecular complexity index is 836. The molecule has 4 atom stereocenters. The van der Waals surface area contributed by atoms with Crippen LogP contribution in [0.4, 0.5) is 0 Å². The van der Waals surface area contributed by atoms with Crippen LogP contribution < -0.4 is 9.47 Å². The van der Waals surface area contributed by atoms with Crippen molar-refractivity contribution in [3.8, 4) is 11.5 Å². The van der Waals surface area contributed by atoms with E-state index in [-0.39, 0.29) is 11.8 Å². The van der Waals surface area contributed by atoms with Gasteiger partial charge in [-0.1, -0.05) is 26.3 Å². The molecular weight excluding hydrogens is 422 g/mol. The molecule has 1 amide bonds. The van der Waals surface area contributed by atoms with Crippen LogP contribution in [0, 0.1) is 11.3 Å². The number of hydrogen-bond acceptors (Lipinski definition) is 6. The van der Waals surface area contributed by atoms with Crippen molar-refractivity contribution in [1.82, 2.24) is 4.90 Å². The number of benzene rings is 1. The molecule has 1 N–H and O–H groups in total. The Kier molecular flexibility index (Phi) is 8.27. The van der Waals surface area contributed by atoms with Crippen molar-refractivity contribution in [3.63, 3.8) is 0 Å². The Morgan fingerprint density at radius 3 is 2.58 bits per heavy atom. The average molecular weight is 462 g/mol. The molecule has 0 radical (unpaired) electrons. The fourth-order valence-corrected chi connectivity index (χ4v) is 4.63. The fraction of sp³-hybridized carbons (Fsp3) is 0.692. The number of aliphatic hydroxyl groups is 1. The van der Waals surface area contributed by atoms with Crippen LogP contribution in [0.2, 0.25) is 0 Å². The molecule has 1 aliphatic heterocycles. The molecule has 3 rings (SSSR count). The Hall–Kier alpha value is -2.28. The van der Waals surface area contributed by atoms with Crippen molar-refractivity contribution in [2.24, 2.45) is 11.3 Å². The molecule has 1 aliphatic carbocycles. The molecule has 1 aromatic carbocycles. The summed E-state index contributed by atoms with van der Waals surface area (Å²) >= 11 is 0. The summed E-state index contributed by atoms with van der Waals surface area (Å²) in [5.74, 6) is 1.25. The number of amides is 1. The molecule has 2 fully saturated rings. The number of likely N-dealkylation sites (tertiary alicyclic amines) is 1. The molecule has 33 heavy (non-hydrogen) atoms. The SMILES string of the molecule is CCCC[C@H](OC(C)=O)C(=O)N1C[C@@H](c2ccc(OC)c(OCC3CC3)c2)[C@](C)([C@@H](C)O)C1. The summed E-state index contributed by atoms with van der Waals surface area (Å²) < 4.78 is 16.9. The van der Waals surface area contributed by atoms with Gasteiger partial charge in [0.2, 0.25) is 0 Å². The molecule has 1 saturated carbocycles. The van der Waals surface area contributed by atoms with Gasteiger partial charge in [-0.15, -0.1) is 0 Å². The predicted octanol–water partition coefficient (Wildman–Crippen LogP) is 3.92. The fourth-order valence-electron chi connectivity index (χ4n) is 4.63. The molecule has 1 heterocycles. The number of carbonyl (C=O) groups excluding carboxylic acids is 2. The first-order valence-electron chi connectivity index (χ1n) is 12.1. The maximum Gasteiger partial charge on any atom is 0.303 e.